The number of rotatable bonds is 3. The number of methoxy groups -OCH3 is 1. The van der Waals surface area contributed by atoms with Gasteiger partial charge in [0.25, 0.3) is 5.91 Å². The van der Waals surface area contributed by atoms with E-state index in [2.05, 4.69) is 0 Å². The highest BCUT2D eigenvalue weighted by atomic mass is 16.5. The van der Waals surface area contributed by atoms with Crippen molar-refractivity contribution in [2.24, 2.45) is 0 Å². The van der Waals surface area contributed by atoms with Crippen molar-refractivity contribution in [1.29, 1.82) is 0 Å². The standard InChI is InChI=1S/C16H18N2O2/c1-20-15-8-11-18(12-15)16(19)13-4-6-14(7-5-13)17-9-2-3-10-17/h2-7,9-10,15H,8,11-12H2,1H3. The first kappa shape index (κ1) is 12.9. The highest BCUT2D eigenvalue weighted by Crippen LogP contribution is 2.17. The van der Waals surface area contributed by atoms with E-state index in [1.54, 1.807) is 7.11 Å². The minimum Gasteiger partial charge on any atom is -0.380 e. The number of likely N-dealkylation sites (tertiary alicyclic amines) is 1. The van der Waals surface area contributed by atoms with Crippen molar-refractivity contribution < 1.29 is 9.53 Å². The normalized spacial score (nSPS) is 18.4. The van der Waals surface area contributed by atoms with E-state index in [0.717, 1.165) is 24.2 Å². The quantitative estimate of drug-likeness (QED) is 0.858. The van der Waals surface area contributed by atoms with Crippen LogP contribution >= 0.6 is 0 Å². The second kappa shape index (κ2) is 5.51. The number of hydrogen-bond donors (Lipinski definition) is 0. The van der Waals surface area contributed by atoms with Crippen LogP contribution in [0.2, 0.25) is 0 Å². The molecule has 0 radical (unpaired) electrons. The molecule has 1 atom stereocenters. The zero-order chi connectivity index (χ0) is 13.9. The van der Waals surface area contributed by atoms with Crippen LogP contribution in [0.4, 0.5) is 0 Å². The van der Waals surface area contributed by atoms with Crippen molar-refractivity contribution in [3.8, 4) is 5.69 Å². The van der Waals surface area contributed by atoms with Crippen LogP contribution < -0.4 is 0 Å². The Kier molecular flexibility index (Phi) is 3.56. The Morgan fingerprint density at radius 3 is 2.50 bits per heavy atom. The second-order valence-corrected chi connectivity index (χ2v) is 5.03. The molecule has 1 amide bonds. The van der Waals surface area contributed by atoms with E-state index < -0.39 is 0 Å². The highest BCUT2D eigenvalue weighted by molar-refractivity contribution is 5.94. The molecule has 0 bridgehead atoms. The van der Waals surface area contributed by atoms with Crippen molar-refractivity contribution in [2.75, 3.05) is 20.2 Å². The van der Waals surface area contributed by atoms with E-state index in [1.807, 2.05) is 58.3 Å². The number of carbonyl (C=O) groups excluding carboxylic acids is 1. The van der Waals surface area contributed by atoms with Gasteiger partial charge in [-0.15, -0.1) is 0 Å². The molecule has 2 heterocycles. The van der Waals surface area contributed by atoms with E-state index >= 15 is 0 Å². The van der Waals surface area contributed by atoms with Crippen LogP contribution in [0.5, 0.6) is 0 Å². The molecular weight excluding hydrogens is 252 g/mol. The Hall–Kier alpha value is -2.07. The third-order valence-corrected chi connectivity index (χ3v) is 3.78. The predicted molar refractivity (Wildman–Crippen MR) is 77.1 cm³/mol. The Balaban J connectivity index is 1.73. The van der Waals surface area contributed by atoms with Crippen molar-refractivity contribution in [2.45, 2.75) is 12.5 Å². The summed E-state index contributed by atoms with van der Waals surface area (Å²) in [6, 6.07) is 11.7. The van der Waals surface area contributed by atoms with Gasteiger partial charge in [-0.3, -0.25) is 4.79 Å². The molecule has 0 aliphatic carbocycles. The number of aromatic nitrogens is 1. The summed E-state index contributed by atoms with van der Waals surface area (Å²) in [6.45, 7) is 1.46. The number of carbonyl (C=O) groups is 1. The van der Waals surface area contributed by atoms with E-state index in [1.165, 1.54) is 0 Å². The fourth-order valence-corrected chi connectivity index (χ4v) is 2.57. The van der Waals surface area contributed by atoms with Gasteiger partial charge in [-0.05, 0) is 42.8 Å². The smallest absolute Gasteiger partial charge is 0.253 e. The lowest BCUT2D eigenvalue weighted by molar-refractivity contribution is 0.0724. The van der Waals surface area contributed by atoms with Crippen molar-refractivity contribution >= 4 is 5.91 Å². The summed E-state index contributed by atoms with van der Waals surface area (Å²) in [5, 5.41) is 0. The Bertz CT molecular complexity index is 575. The molecule has 1 saturated heterocycles. The average molecular weight is 270 g/mol. The van der Waals surface area contributed by atoms with Gasteiger partial charge < -0.3 is 14.2 Å². The maximum Gasteiger partial charge on any atom is 0.253 e. The largest absolute Gasteiger partial charge is 0.380 e. The van der Waals surface area contributed by atoms with E-state index in [0.29, 0.717) is 6.54 Å². The monoisotopic (exact) mass is 270 g/mol. The van der Waals surface area contributed by atoms with Crippen LogP contribution in [0.1, 0.15) is 16.8 Å². The van der Waals surface area contributed by atoms with Gasteiger partial charge in [-0.2, -0.15) is 0 Å². The Labute approximate surface area is 118 Å². The molecule has 4 nitrogen and oxygen atoms in total. The van der Waals surface area contributed by atoms with Gasteiger partial charge in [0.05, 0.1) is 6.10 Å². The number of nitrogens with zero attached hydrogens (tertiary/aromatic N) is 2. The zero-order valence-electron chi connectivity index (χ0n) is 11.5. The molecule has 0 saturated carbocycles. The van der Waals surface area contributed by atoms with Crippen LogP contribution in [0.3, 0.4) is 0 Å². The average Bonchev–Trinajstić information content (AvgIpc) is 3.18. The summed E-state index contributed by atoms with van der Waals surface area (Å²) < 4.78 is 7.32. The van der Waals surface area contributed by atoms with E-state index in [-0.39, 0.29) is 12.0 Å². The van der Waals surface area contributed by atoms with Crippen molar-refractivity contribution in [1.82, 2.24) is 9.47 Å². The minimum atomic E-state index is 0.0867. The van der Waals surface area contributed by atoms with Gasteiger partial charge >= 0.3 is 0 Å². The molecule has 104 valence electrons. The third-order valence-electron chi connectivity index (χ3n) is 3.78. The number of amides is 1. The molecule has 1 unspecified atom stereocenters. The summed E-state index contributed by atoms with van der Waals surface area (Å²) in [4.78, 5) is 14.2. The Morgan fingerprint density at radius 2 is 1.90 bits per heavy atom. The molecular formula is C16H18N2O2. The molecule has 0 N–H and O–H groups in total. The van der Waals surface area contributed by atoms with Crippen LogP contribution in [-0.4, -0.2) is 41.7 Å². The predicted octanol–water partition coefficient (Wildman–Crippen LogP) is 2.34. The first-order chi connectivity index (χ1) is 9.78. The van der Waals surface area contributed by atoms with Gasteiger partial charge in [0.1, 0.15) is 0 Å². The van der Waals surface area contributed by atoms with Gasteiger partial charge in [0, 0.05) is 43.8 Å². The van der Waals surface area contributed by atoms with Crippen LogP contribution in [0, 0.1) is 0 Å². The molecule has 1 aliphatic heterocycles. The number of benzene rings is 1. The van der Waals surface area contributed by atoms with Gasteiger partial charge in [0.2, 0.25) is 0 Å². The molecule has 4 heteroatoms. The summed E-state index contributed by atoms with van der Waals surface area (Å²) in [6.07, 6.45) is 5.07. The fraction of sp³-hybridized carbons (Fsp3) is 0.312. The molecule has 20 heavy (non-hydrogen) atoms. The van der Waals surface area contributed by atoms with E-state index in [4.69, 9.17) is 4.74 Å². The maximum absolute atomic E-state index is 12.4. The van der Waals surface area contributed by atoms with E-state index in [9.17, 15) is 4.79 Å². The fourth-order valence-electron chi connectivity index (χ4n) is 2.57. The highest BCUT2D eigenvalue weighted by Gasteiger charge is 2.26. The SMILES string of the molecule is COC1CCN(C(=O)c2ccc(-n3cccc3)cc2)C1. The molecule has 1 aromatic carbocycles. The number of ether oxygens (including phenoxy) is 1. The molecule has 2 aromatic rings. The lowest BCUT2D eigenvalue weighted by Crippen LogP contribution is -2.29. The van der Waals surface area contributed by atoms with Crippen LogP contribution in [0.25, 0.3) is 5.69 Å². The lowest BCUT2D eigenvalue weighted by atomic mass is 10.2. The molecule has 1 aromatic heterocycles. The summed E-state index contributed by atoms with van der Waals surface area (Å²) in [5.74, 6) is 0.0867. The molecule has 0 spiro atoms. The Morgan fingerprint density at radius 1 is 1.20 bits per heavy atom. The summed E-state index contributed by atoms with van der Waals surface area (Å²) in [5.41, 5.74) is 1.79. The lowest BCUT2D eigenvalue weighted by Gasteiger charge is -2.16. The third kappa shape index (κ3) is 2.47. The van der Waals surface area contributed by atoms with Crippen LogP contribution in [0.15, 0.2) is 48.8 Å². The van der Waals surface area contributed by atoms with Gasteiger partial charge in [0.15, 0.2) is 0 Å². The topological polar surface area (TPSA) is 34.5 Å². The molecule has 1 fully saturated rings. The molecule has 3 rings (SSSR count). The number of hydrogen-bond acceptors (Lipinski definition) is 2. The molecule has 1 aliphatic rings. The zero-order valence-corrected chi connectivity index (χ0v) is 11.5. The van der Waals surface area contributed by atoms with Crippen LogP contribution in [-0.2, 0) is 4.74 Å². The van der Waals surface area contributed by atoms with Crippen molar-refractivity contribution in [3.05, 3.63) is 54.4 Å². The first-order valence-corrected chi connectivity index (χ1v) is 6.83. The van der Waals surface area contributed by atoms with Gasteiger partial charge in [-0.25, -0.2) is 0 Å². The maximum atomic E-state index is 12.4. The first-order valence-electron chi connectivity index (χ1n) is 6.83. The van der Waals surface area contributed by atoms with Crippen molar-refractivity contribution in [3.63, 3.8) is 0 Å². The summed E-state index contributed by atoms with van der Waals surface area (Å²) >= 11 is 0. The van der Waals surface area contributed by atoms with Gasteiger partial charge in [-0.1, -0.05) is 0 Å². The minimum absolute atomic E-state index is 0.0867. The second-order valence-electron chi connectivity index (χ2n) is 5.03. The summed E-state index contributed by atoms with van der Waals surface area (Å²) in [7, 11) is 1.70.